The van der Waals surface area contributed by atoms with Crippen molar-refractivity contribution in [2.45, 2.75) is 0 Å². The molecule has 3 rings (SSSR count). The van der Waals surface area contributed by atoms with E-state index in [0.29, 0.717) is 0 Å². The summed E-state index contributed by atoms with van der Waals surface area (Å²) in [5.74, 6) is -2.73. The van der Waals surface area contributed by atoms with Crippen molar-refractivity contribution < 1.29 is 48.6 Å². The predicted octanol–water partition coefficient (Wildman–Crippen LogP) is -1.79. The number of aromatic nitrogens is 3. The quantitative estimate of drug-likeness (QED) is 0.449. The first-order chi connectivity index (χ1) is 11.1. The van der Waals surface area contributed by atoms with Gasteiger partial charge >= 0.3 is 29.6 Å². The molecule has 114 valence electrons. The summed E-state index contributed by atoms with van der Waals surface area (Å²) in [6.45, 7) is 0. The molecule has 0 saturated carbocycles. The Bertz CT molecular complexity index is 911. The van der Waals surface area contributed by atoms with Crippen molar-refractivity contribution in [2.75, 3.05) is 0 Å². The monoisotopic (exact) mass is 333 g/mol. The minimum absolute atomic E-state index is 0. The Morgan fingerprint density at radius 3 is 2.25 bits per heavy atom. The van der Waals surface area contributed by atoms with Gasteiger partial charge in [0.15, 0.2) is 5.69 Å². The van der Waals surface area contributed by atoms with Gasteiger partial charge in [-0.1, -0.05) is 36.4 Å². The van der Waals surface area contributed by atoms with E-state index in [-0.39, 0.29) is 57.6 Å². The number of nitrogens with zero attached hydrogens (tertiary/aromatic N) is 2. The molecule has 0 saturated heterocycles. The van der Waals surface area contributed by atoms with Gasteiger partial charge in [0.1, 0.15) is 11.5 Å². The first-order valence-corrected chi connectivity index (χ1v) is 6.60. The second-order valence-corrected chi connectivity index (χ2v) is 4.66. The summed E-state index contributed by atoms with van der Waals surface area (Å²) in [7, 11) is 0. The number of aromatic carboxylic acids is 1. The Labute approximate surface area is 158 Å². The van der Waals surface area contributed by atoms with Crippen LogP contribution < -0.4 is 34.7 Å². The predicted molar refractivity (Wildman–Crippen MR) is 76.0 cm³/mol. The Morgan fingerprint density at radius 1 is 0.958 bits per heavy atom. The van der Waals surface area contributed by atoms with Crippen molar-refractivity contribution in [1.29, 1.82) is 0 Å². The van der Waals surface area contributed by atoms with Gasteiger partial charge in [-0.25, -0.2) is 4.39 Å². The van der Waals surface area contributed by atoms with E-state index in [2.05, 4.69) is 15.4 Å². The van der Waals surface area contributed by atoms with Crippen LogP contribution in [-0.4, -0.2) is 27.2 Å². The van der Waals surface area contributed by atoms with E-state index < -0.39 is 17.6 Å². The Kier molecular flexibility index (Phi) is 5.61. The molecule has 2 aromatic carbocycles. The molecule has 0 spiro atoms. The molecule has 0 amide bonds. The number of hydrogen-bond donors (Lipinski definition) is 1. The maximum atomic E-state index is 13.9. The van der Waals surface area contributed by atoms with Crippen LogP contribution in [0, 0.1) is 5.82 Å². The van der Waals surface area contributed by atoms with Gasteiger partial charge in [-0.3, -0.25) is 4.79 Å². The molecule has 24 heavy (non-hydrogen) atoms. The summed E-state index contributed by atoms with van der Waals surface area (Å²) >= 11 is 0. The van der Waals surface area contributed by atoms with Gasteiger partial charge in [0, 0.05) is 16.7 Å². The molecule has 8 heteroatoms. The van der Waals surface area contributed by atoms with Crippen LogP contribution in [0.2, 0.25) is 0 Å². The molecule has 0 atom stereocenters. The number of nitrogens with one attached hydrogen (secondary N) is 1. The van der Waals surface area contributed by atoms with Gasteiger partial charge in [0.2, 0.25) is 5.78 Å². The van der Waals surface area contributed by atoms with E-state index in [4.69, 9.17) is 0 Å². The van der Waals surface area contributed by atoms with Gasteiger partial charge < -0.3 is 9.90 Å². The van der Waals surface area contributed by atoms with Crippen molar-refractivity contribution in [3.05, 3.63) is 71.2 Å². The van der Waals surface area contributed by atoms with Crippen molar-refractivity contribution >= 4 is 11.8 Å². The number of halogens is 1. The number of carbonyl (C=O) groups is 2. The van der Waals surface area contributed by atoms with Gasteiger partial charge in [-0.15, -0.1) is 0 Å². The summed E-state index contributed by atoms with van der Waals surface area (Å²) < 4.78 is 13.9. The van der Waals surface area contributed by atoms with Gasteiger partial charge in [-0.2, -0.15) is 15.4 Å². The maximum absolute atomic E-state index is 13.9. The number of hydrogen-bond acceptors (Lipinski definition) is 5. The second-order valence-electron chi connectivity index (χ2n) is 4.66. The number of rotatable bonds is 4. The third-order valence-electron chi connectivity index (χ3n) is 3.28. The van der Waals surface area contributed by atoms with Crippen LogP contribution in [0.25, 0.3) is 11.3 Å². The first kappa shape index (κ1) is 18.0. The average molecular weight is 333 g/mol. The Balaban J connectivity index is 0.00000208. The van der Waals surface area contributed by atoms with Crippen LogP contribution in [0.15, 0.2) is 48.5 Å². The number of H-pyrrole nitrogens is 1. The molecule has 1 aromatic heterocycles. The molecule has 0 aliphatic heterocycles. The fraction of sp³-hybridized carbons (Fsp3) is 0. The number of aromatic amines is 1. The number of carboxylic acid groups (broad SMARTS) is 1. The van der Waals surface area contributed by atoms with E-state index in [1.807, 2.05) is 0 Å². The smallest absolute Gasteiger partial charge is 0.545 e. The molecule has 3 aromatic rings. The molecule has 0 radical (unpaired) electrons. The molecular weight excluding hydrogens is 324 g/mol. The Morgan fingerprint density at radius 2 is 1.58 bits per heavy atom. The third kappa shape index (κ3) is 3.28. The van der Waals surface area contributed by atoms with Crippen molar-refractivity contribution in [2.24, 2.45) is 0 Å². The zero-order chi connectivity index (χ0) is 16.4. The average Bonchev–Trinajstić information content (AvgIpc) is 3.04. The van der Waals surface area contributed by atoms with E-state index in [1.165, 1.54) is 42.5 Å². The summed E-state index contributed by atoms with van der Waals surface area (Å²) in [6.07, 6.45) is 0. The second kappa shape index (κ2) is 7.48. The third-order valence-corrected chi connectivity index (χ3v) is 3.28. The number of carboxylic acids is 1. The van der Waals surface area contributed by atoms with Crippen LogP contribution in [0.3, 0.4) is 0 Å². The largest absolute Gasteiger partial charge is 1.00 e. The van der Waals surface area contributed by atoms with Crippen LogP contribution in [0.4, 0.5) is 4.39 Å². The van der Waals surface area contributed by atoms with Gasteiger partial charge in [0.25, 0.3) is 0 Å². The first-order valence-electron chi connectivity index (χ1n) is 6.60. The number of ketones is 1. The Hall–Kier alpha value is -2.35. The van der Waals surface area contributed by atoms with Crippen LogP contribution in [0.5, 0.6) is 0 Å². The zero-order valence-electron chi connectivity index (χ0n) is 12.6. The molecule has 0 aliphatic carbocycles. The molecule has 0 aliphatic rings. The molecular formula is C16H9FN3NaO3. The fourth-order valence-electron chi connectivity index (χ4n) is 2.22. The topological polar surface area (TPSA) is 98.8 Å². The molecule has 0 bridgehead atoms. The van der Waals surface area contributed by atoms with E-state index >= 15 is 0 Å². The van der Waals surface area contributed by atoms with Crippen LogP contribution in [-0.2, 0) is 0 Å². The summed E-state index contributed by atoms with van der Waals surface area (Å²) in [4.78, 5) is 23.7. The standard InChI is InChI=1S/C16H10FN3O3.Na/c17-12-8-4-3-7-11(12)13-14(19-20-18-13)15(21)9-5-1-2-6-10(9)16(22)23;/h1-8H,(H,22,23)(H,18,19,20);/q;+1/p-1. The summed E-state index contributed by atoms with van der Waals surface area (Å²) in [6, 6.07) is 11.4. The molecule has 0 fully saturated rings. The maximum Gasteiger partial charge on any atom is 1.00 e. The SMILES string of the molecule is O=C([O-])c1ccccc1C(=O)c1n[nH]nc1-c1ccccc1F.[Na+]. The summed E-state index contributed by atoms with van der Waals surface area (Å²) in [5.41, 5.74) is -0.417. The van der Waals surface area contributed by atoms with E-state index in [1.54, 1.807) is 6.07 Å². The molecule has 1 heterocycles. The summed E-state index contributed by atoms with van der Waals surface area (Å²) in [5, 5.41) is 21.0. The van der Waals surface area contributed by atoms with E-state index in [0.717, 1.165) is 0 Å². The van der Waals surface area contributed by atoms with Crippen molar-refractivity contribution in [3.8, 4) is 11.3 Å². The zero-order valence-corrected chi connectivity index (χ0v) is 14.6. The number of benzene rings is 2. The number of carbonyl (C=O) groups excluding carboxylic acids is 2. The normalized spacial score (nSPS) is 10.0. The van der Waals surface area contributed by atoms with Crippen molar-refractivity contribution in [3.63, 3.8) is 0 Å². The molecule has 0 unspecified atom stereocenters. The fourth-order valence-corrected chi connectivity index (χ4v) is 2.22. The van der Waals surface area contributed by atoms with Crippen LogP contribution in [0.1, 0.15) is 26.4 Å². The van der Waals surface area contributed by atoms with Gasteiger partial charge in [0.05, 0.1) is 5.97 Å². The molecule has 6 nitrogen and oxygen atoms in total. The van der Waals surface area contributed by atoms with Crippen LogP contribution >= 0.6 is 0 Å². The molecule has 1 N–H and O–H groups in total. The van der Waals surface area contributed by atoms with E-state index in [9.17, 15) is 19.1 Å². The van der Waals surface area contributed by atoms with Gasteiger partial charge in [-0.05, 0) is 12.1 Å². The minimum atomic E-state index is -1.48. The van der Waals surface area contributed by atoms with Crippen molar-refractivity contribution in [1.82, 2.24) is 15.4 Å². The minimum Gasteiger partial charge on any atom is -0.545 e.